The van der Waals surface area contributed by atoms with E-state index in [9.17, 15) is 4.79 Å². The average molecular weight is 379 g/mol. The van der Waals surface area contributed by atoms with E-state index in [0.29, 0.717) is 13.0 Å². The Morgan fingerprint density at radius 2 is 2.26 bits per heavy atom. The zero-order valence-electron chi connectivity index (χ0n) is 14.6. The summed E-state index contributed by atoms with van der Waals surface area (Å²) in [7, 11) is 0. The number of thiazole rings is 1. The summed E-state index contributed by atoms with van der Waals surface area (Å²) >= 11 is 1.55. The van der Waals surface area contributed by atoms with Crippen molar-refractivity contribution in [2.24, 2.45) is 5.92 Å². The van der Waals surface area contributed by atoms with Gasteiger partial charge in [-0.15, -0.1) is 11.3 Å². The van der Waals surface area contributed by atoms with Crippen molar-refractivity contribution in [2.75, 3.05) is 6.54 Å². The van der Waals surface area contributed by atoms with Crippen LogP contribution in [0, 0.1) is 5.92 Å². The molecule has 0 bridgehead atoms. The lowest BCUT2D eigenvalue weighted by molar-refractivity contribution is -0.119. The molecule has 1 fully saturated rings. The van der Waals surface area contributed by atoms with Crippen LogP contribution in [0.15, 0.2) is 36.0 Å². The van der Waals surface area contributed by atoms with Crippen molar-refractivity contribution in [1.82, 2.24) is 25.5 Å². The van der Waals surface area contributed by atoms with Crippen molar-refractivity contribution in [3.63, 3.8) is 0 Å². The first-order chi connectivity index (χ1) is 13.2. The molecule has 1 aromatic carbocycles. The number of benzene rings is 1. The van der Waals surface area contributed by atoms with Crippen LogP contribution in [-0.2, 0) is 4.79 Å². The lowest BCUT2D eigenvalue weighted by Gasteiger charge is -2.20. The van der Waals surface area contributed by atoms with Crippen LogP contribution in [0.2, 0.25) is 0 Å². The van der Waals surface area contributed by atoms with Gasteiger partial charge in [0.1, 0.15) is 11.9 Å². The highest BCUT2D eigenvalue weighted by molar-refractivity contribution is 7.17. The molecular weight excluding hydrogens is 362 g/mol. The number of H-pyrrole nitrogens is 1. The number of carbonyl (C=O) groups is 1. The zero-order valence-corrected chi connectivity index (χ0v) is 15.4. The van der Waals surface area contributed by atoms with Crippen LogP contribution in [-0.4, -0.2) is 38.7 Å². The van der Waals surface area contributed by atoms with Crippen LogP contribution < -0.4 is 10.1 Å². The second kappa shape index (κ2) is 6.31. The van der Waals surface area contributed by atoms with Gasteiger partial charge < -0.3 is 10.1 Å². The van der Waals surface area contributed by atoms with Crippen molar-refractivity contribution >= 4 is 38.5 Å². The van der Waals surface area contributed by atoms with Crippen LogP contribution in [0.3, 0.4) is 0 Å². The Bertz CT molecular complexity index is 1150. The minimum atomic E-state index is -0.0763. The molecule has 0 radical (unpaired) electrons. The topological polar surface area (TPSA) is 92.8 Å². The molecule has 4 aromatic rings. The third-order valence-electron chi connectivity index (χ3n) is 4.98. The molecule has 0 aliphatic carbocycles. The molecule has 3 aromatic heterocycles. The summed E-state index contributed by atoms with van der Waals surface area (Å²) in [6.45, 7) is 2.67. The van der Waals surface area contributed by atoms with E-state index in [-0.39, 0.29) is 17.9 Å². The van der Waals surface area contributed by atoms with Gasteiger partial charge in [-0.05, 0) is 31.2 Å². The number of aromatic amines is 1. The van der Waals surface area contributed by atoms with E-state index in [1.807, 2.05) is 36.7 Å². The predicted octanol–water partition coefficient (Wildman–Crippen LogP) is 3.14. The summed E-state index contributed by atoms with van der Waals surface area (Å²) in [5.41, 5.74) is 5.21. The maximum atomic E-state index is 11.5. The van der Waals surface area contributed by atoms with Crippen molar-refractivity contribution in [3.8, 4) is 17.0 Å². The number of fused-ring (bicyclic) bond motifs is 2. The fraction of sp³-hybridized carbons (Fsp3) is 0.263. The molecule has 2 atom stereocenters. The zero-order chi connectivity index (χ0) is 18.4. The molecule has 5 rings (SSSR count). The van der Waals surface area contributed by atoms with Crippen LogP contribution in [0.5, 0.6) is 5.75 Å². The van der Waals surface area contributed by atoms with E-state index >= 15 is 0 Å². The van der Waals surface area contributed by atoms with Gasteiger partial charge in [0, 0.05) is 29.8 Å². The van der Waals surface area contributed by atoms with E-state index in [0.717, 1.165) is 38.3 Å². The van der Waals surface area contributed by atoms with E-state index in [2.05, 4.69) is 25.5 Å². The number of rotatable bonds is 4. The highest BCUT2D eigenvalue weighted by atomic mass is 32.1. The van der Waals surface area contributed by atoms with Gasteiger partial charge in [-0.3, -0.25) is 9.89 Å². The first-order valence-electron chi connectivity index (χ1n) is 8.78. The van der Waals surface area contributed by atoms with Crippen molar-refractivity contribution < 1.29 is 9.53 Å². The number of pyridine rings is 1. The second-order valence-corrected chi connectivity index (χ2v) is 7.63. The van der Waals surface area contributed by atoms with E-state index in [1.165, 1.54) is 0 Å². The first-order valence-corrected chi connectivity index (χ1v) is 9.66. The Morgan fingerprint density at radius 3 is 3.11 bits per heavy atom. The fourth-order valence-corrected chi connectivity index (χ4v) is 4.14. The first kappa shape index (κ1) is 16.2. The number of nitrogens with one attached hydrogen (secondary N) is 2. The number of hydrogen-bond acceptors (Lipinski definition) is 6. The average Bonchev–Trinajstić information content (AvgIpc) is 3.40. The number of hydrogen-bond donors (Lipinski definition) is 2. The summed E-state index contributed by atoms with van der Waals surface area (Å²) in [5.74, 6) is 1.04. The molecule has 2 N–H and O–H groups in total. The van der Waals surface area contributed by atoms with Crippen LogP contribution in [0.4, 0.5) is 0 Å². The minimum Gasteiger partial charge on any atom is -0.489 e. The highest BCUT2D eigenvalue weighted by Gasteiger charge is 2.28. The van der Waals surface area contributed by atoms with E-state index in [4.69, 9.17) is 4.74 Å². The molecule has 1 aliphatic rings. The molecule has 1 saturated heterocycles. The Morgan fingerprint density at radius 1 is 1.33 bits per heavy atom. The molecule has 0 unspecified atom stereocenters. The van der Waals surface area contributed by atoms with E-state index in [1.54, 1.807) is 17.5 Å². The smallest absolute Gasteiger partial charge is 0.220 e. The molecule has 1 aliphatic heterocycles. The van der Waals surface area contributed by atoms with E-state index < -0.39 is 0 Å². The summed E-state index contributed by atoms with van der Waals surface area (Å²) in [4.78, 5) is 20.6. The van der Waals surface area contributed by atoms with Gasteiger partial charge in [0.05, 0.1) is 27.6 Å². The lowest BCUT2D eigenvalue weighted by Crippen LogP contribution is -2.25. The van der Waals surface area contributed by atoms with Crippen LogP contribution in [0.1, 0.15) is 13.3 Å². The molecule has 8 heteroatoms. The van der Waals surface area contributed by atoms with Gasteiger partial charge in [0.2, 0.25) is 5.91 Å². The van der Waals surface area contributed by atoms with Crippen molar-refractivity contribution in [3.05, 3.63) is 36.0 Å². The van der Waals surface area contributed by atoms with Crippen molar-refractivity contribution in [1.29, 1.82) is 0 Å². The minimum absolute atomic E-state index is 0.0763. The van der Waals surface area contributed by atoms with Gasteiger partial charge in [0.15, 0.2) is 5.65 Å². The summed E-state index contributed by atoms with van der Waals surface area (Å²) in [5, 5.41) is 10.8. The molecule has 0 saturated carbocycles. The van der Waals surface area contributed by atoms with Gasteiger partial charge >= 0.3 is 0 Å². The molecule has 0 spiro atoms. The van der Waals surface area contributed by atoms with Gasteiger partial charge in [-0.1, -0.05) is 0 Å². The molecule has 1 amide bonds. The van der Waals surface area contributed by atoms with Gasteiger partial charge in [0.25, 0.3) is 0 Å². The number of ether oxygens (including phenoxy) is 1. The SMILES string of the molecule is C[C@@H](Oc1cc(-c2ccc3cn[nH]c3n2)cc2ncsc12)[C@H]1CNC(=O)C1. The quantitative estimate of drug-likeness (QED) is 0.568. The van der Waals surface area contributed by atoms with Crippen LogP contribution >= 0.6 is 11.3 Å². The summed E-state index contributed by atoms with van der Waals surface area (Å²) < 4.78 is 7.29. The number of carbonyl (C=O) groups excluding carboxylic acids is 1. The molecular formula is C19H17N5O2S. The lowest BCUT2D eigenvalue weighted by atomic mass is 10.0. The maximum Gasteiger partial charge on any atom is 0.220 e. The molecule has 136 valence electrons. The van der Waals surface area contributed by atoms with Crippen molar-refractivity contribution in [2.45, 2.75) is 19.4 Å². The maximum absolute atomic E-state index is 11.5. The molecule has 27 heavy (non-hydrogen) atoms. The van der Waals surface area contributed by atoms with Gasteiger partial charge in [-0.25, -0.2) is 9.97 Å². The predicted molar refractivity (Wildman–Crippen MR) is 104 cm³/mol. The number of nitrogens with zero attached hydrogens (tertiary/aromatic N) is 3. The Hall–Kier alpha value is -3.00. The van der Waals surface area contributed by atoms with Crippen LogP contribution in [0.25, 0.3) is 32.5 Å². The largest absolute Gasteiger partial charge is 0.489 e. The molecule has 7 nitrogen and oxygen atoms in total. The van der Waals surface area contributed by atoms with Gasteiger partial charge in [-0.2, -0.15) is 5.10 Å². The Kier molecular flexibility index (Phi) is 3.78. The Balaban J connectivity index is 1.53. The fourth-order valence-electron chi connectivity index (χ4n) is 3.42. The normalized spacial score (nSPS) is 18.1. The highest BCUT2D eigenvalue weighted by Crippen LogP contribution is 2.36. The molecule has 4 heterocycles. The number of amides is 1. The monoisotopic (exact) mass is 379 g/mol. The second-order valence-electron chi connectivity index (χ2n) is 6.77. The third kappa shape index (κ3) is 2.91. The summed E-state index contributed by atoms with van der Waals surface area (Å²) in [6, 6.07) is 7.99. The standard InChI is InChI=1S/C19H17N5O2S/c1-10(13-6-17(25)20-7-13)26-16-5-12(4-15-18(16)27-9-21-15)14-3-2-11-8-22-24-19(11)23-14/h2-5,8-10,13H,6-7H2,1H3,(H,20,25)(H,22,23,24)/t10-,13-/m1/s1. The Labute approximate surface area is 158 Å². The summed E-state index contributed by atoms with van der Waals surface area (Å²) in [6.07, 6.45) is 2.18. The third-order valence-corrected chi connectivity index (χ3v) is 5.84. The number of aromatic nitrogens is 4.